The first kappa shape index (κ1) is 16.9. The van der Waals surface area contributed by atoms with E-state index in [1.165, 1.54) is 30.4 Å². The van der Waals surface area contributed by atoms with Crippen LogP contribution >= 0.6 is 0 Å². The third kappa shape index (κ3) is 2.49. The van der Waals surface area contributed by atoms with E-state index < -0.39 is 0 Å². The Kier molecular flexibility index (Phi) is 4.33. The molecule has 0 bridgehead atoms. The molecule has 3 rings (SSSR count). The van der Waals surface area contributed by atoms with Crippen molar-refractivity contribution >= 4 is 0 Å². The van der Waals surface area contributed by atoms with Gasteiger partial charge in [-0.1, -0.05) is 43.5 Å². The smallest absolute Gasteiger partial charge is 0.121 e. The van der Waals surface area contributed by atoms with Crippen LogP contribution in [0.2, 0.25) is 0 Å². The van der Waals surface area contributed by atoms with Crippen molar-refractivity contribution in [1.29, 1.82) is 0 Å². The van der Waals surface area contributed by atoms with Gasteiger partial charge in [0, 0.05) is 5.41 Å². The summed E-state index contributed by atoms with van der Waals surface area (Å²) in [6.45, 7) is 7.94. The number of rotatable bonds is 2. The van der Waals surface area contributed by atoms with Gasteiger partial charge < -0.3 is 10.2 Å². The molecule has 2 aromatic carbocycles. The SMILES string of the molecule is Cc1ccc(C2(c3ccc(C)c(O)c3C)CCCCC2)c(C)c1O. The van der Waals surface area contributed by atoms with Gasteiger partial charge in [0.05, 0.1) is 0 Å². The highest BCUT2D eigenvalue weighted by Gasteiger charge is 2.39. The maximum absolute atomic E-state index is 10.5. The lowest BCUT2D eigenvalue weighted by Crippen LogP contribution is -2.32. The molecule has 0 aliphatic heterocycles. The van der Waals surface area contributed by atoms with Gasteiger partial charge in [-0.2, -0.15) is 0 Å². The molecule has 1 aliphatic carbocycles. The summed E-state index contributed by atoms with van der Waals surface area (Å²) >= 11 is 0. The van der Waals surface area contributed by atoms with Gasteiger partial charge >= 0.3 is 0 Å². The van der Waals surface area contributed by atoms with E-state index in [0.717, 1.165) is 35.1 Å². The van der Waals surface area contributed by atoms with Gasteiger partial charge in [0.15, 0.2) is 0 Å². The van der Waals surface area contributed by atoms with Crippen LogP contribution in [0.25, 0.3) is 0 Å². The maximum Gasteiger partial charge on any atom is 0.121 e. The minimum absolute atomic E-state index is 0.108. The molecule has 0 aromatic heterocycles. The molecule has 0 saturated heterocycles. The van der Waals surface area contributed by atoms with Gasteiger partial charge in [-0.05, 0) is 73.9 Å². The maximum atomic E-state index is 10.5. The summed E-state index contributed by atoms with van der Waals surface area (Å²) in [7, 11) is 0. The minimum atomic E-state index is -0.108. The van der Waals surface area contributed by atoms with E-state index in [1.807, 2.05) is 39.8 Å². The van der Waals surface area contributed by atoms with Crippen molar-refractivity contribution in [3.05, 3.63) is 57.6 Å². The Morgan fingerprint density at radius 3 is 1.50 bits per heavy atom. The second kappa shape index (κ2) is 6.16. The summed E-state index contributed by atoms with van der Waals surface area (Å²) in [5, 5.41) is 21.0. The zero-order valence-electron chi connectivity index (χ0n) is 15.2. The summed E-state index contributed by atoms with van der Waals surface area (Å²) in [5.74, 6) is 0.817. The molecule has 0 unspecified atom stereocenters. The van der Waals surface area contributed by atoms with Gasteiger partial charge in [0.25, 0.3) is 0 Å². The summed E-state index contributed by atoms with van der Waals surface area (Å²) < 4.78 is 0. The summed E-state index contributed by atoms with van der Waals surface area (Å²) in [6.07, 6.45) is 5.76. The number of benzene rings is 2. The molecule has 2 heteroatoms. The zero-order valence-corrected chi connectivity index (χ0v) is 15.2. The van der Waals surface area contributed by atoms with Crippen LogP contribution in [0.1, 0.15) is 65.5 Å². The number of phenolic OH excluding ortho intramolecular Hbond substituents is 2. The number of aromatic hydroxyl groups is 2. The van der Waals surface area contributed by atoms with E-state index in [0.29, 0.717) is 11.5 Å². The van der Waals surface area contributed by atoms with E-state index in [-0.39, 0.29) is 5.41 Å². The van der Waals surface area contributed by atoms with Gasteiger partial charge in [-0.15, -0.1) is 0 Å². The molecule has 2 aromatic rings. The highest BCUT2D eigenvalue weighted by Crippen LogP contribution is 2.49. The van der Waals surface area contributed by atoms with E-state index in [4.69, 9.17) is 0 Å². The van der Waals surface area contributed by atoms with E-state index in [2.05, 4.69) is 12.1 Å². The molecule has 1 saturated carbocycles. The summed E-state index contributed by atoms with van der Waals surface area (Å²) in [4.78, 5) is 0. The Morgan fingerprint density at radius 1 is 0.667 bits per heavy atom. The summed E-state index contributed by atoms with van der Waals surface area (Å²) in [5.41, 5.74) is 6.14. The molecule has 0 amide bonds. The Labute approximate surface area is 145 Å². The van der Waals surface area contributed by atoms with Crippen molar-refractivity contribution in [3.63, 3.8) is 0 Å². The predicted molar refractivity (Wildman–Crippen MR) is 99.0 cm³/mol. The van der Waals surface area contributed by atoms with E-state index in [9.17, 15) is 10.2 Å². The fourth-order valence-electron chi connectivity index (χ4n) is 4.55. The van der Waals surface area contributed by atoms with Gasteiger partial charge in [-0.3, -0.25) is 0 Å². The molecule has 2 nitrogen and oxygen atoms in total. The van der Waals surface area contributed by atoms with Crippen LogP contribution in [0, 0.1) is 27.7 Å². The molecule has 0 spiro atoms. The average molecular weight is 324 g/mol. The lowest BCUT2D eigenvalue weighted by atomic mass is 9.63. The zero-order chi connectivity index (χ0) is 17.5. The molecular formula is C22H28O2. The number of phenols is 2. The third-order valence-electron chi connectivity index (χ3n) is 6.00. The number of hydrogen-bond donors (Lipinski definition) is 2. The quantitative estimate of drug-likeness (QED) is 0.757. The van der Waals surface area contributed by atoms with Crippen molar-refractivity contribution in [2.75, 3.05) is 0 Å². The van der Waals surface area contributed by atoms with Crippen LogP contribution in [0.5, 0.6) is 11.5 Å². The second-order valence-electron chi connectivity index (χ2n) is 7.45. The predicted octanol–water partition coefficient (Wildman–Crippen LogP) is 5.58. The second-order valence-corrected chi connectivity index (χ2v) is 7.45. The van der Waals surface area contributed by atoms with Crippen LogP contribution < -0.4 is 0 Å². The standard InChI is InChI=1S/C22H28O2/c1-14-8-10-18(16(3)20(14)23)22(12-6-5-7-13-22)19-11-9-15(2)21(24)17(19)4/h8-11,23-24H,5-7,12-13H2,1-4H3. The molecule has 0 atom stereocenters. The van der Waals surface area contributed by atoms with E-state index >= 15 is 0 Å². The van der Waals surface area contributed by atoms with Crippen molar-refractivity contribution in [2.24, 2.45) is 0 Å². The third-order valence-corrected chi connectivity index (χ3v) is 6.00. The molecule has 128 valence electrons. The summed E-state index contributed by atoms with van der Waals surface area (Å²) in [6, 6.07) is 8.42. The lowest BCUT2D eigenvalue weighted by molar-refractivity contribution is 0.339. The van der Waals surface area contributed by atoms with Crippen molar-refractivity contribution in [3.8, 4) is 11.5 Å². The average Bonchev–Trinajstić information content (AvgIpc) is 2.58. The largest absolute Gasteiger partial charge is 0.507 e. The first-order chi connectivity index (χ1) is 11.4. The van der Waals surface area contributed by atoms with Gasteiger partial charge in [0.1, 0.15) is 11.5 Å². The number of aryl methyl sites for hydroxylation is 2. The molecule has 24 heavy (non-hydrogen) atoms. The normalized spacial score (nSPS) is 17.0. The Bertz CT molecular complexity index is 709. The van der Waals surface area contributed by atoms with Crippen molar-refractivity contribution in [2.45, 2.75) is 65.2 Å². The molecule has 1 aliphatic rings. The topological polar surface area (TPSA) is 40.5 Å². The molecule has 0 heterocycles. The van der Waals surface area contributed by atoms with Crippen LogP contribution in [-0.4, -0.2) is 10.2 Å². The van der Waals surface area contributed by atoms with Crippen LogP contribution in [-0.2, 0) is 5.41 Å². The number of hydrogen-bond acceptors (Lipinski definition) is 2. The van der Waals surface area contributed by atoms with Crippen LogP contribution in [0.4, 0.5) is 0 Å². The van der Waals surface area contributed by atoms with Crippen LogP contribution in [0.15, 0.2) is 24.3 Å². The van der Waals surface area contributed by atoms with E-state index in [1.54, 1.807) is 0 Å². The Balaban J connectivity index is 2.28. The Hall–Kier alpha value is -1.96. The fraction of sp³-hybridized carbons (Fsp3) is 0.455. The van der Waals surface area contributed by atoms with Gasteiger partial charge in [-0.25, -0.2) is 0 Å². The molecular weight excluding hydrogens is 296 g/mol. The van der Waals surface area contributed by atoms with Crippen molar-refractivity contribution < 1.29 is 10.2 Å². The van der Waals surface area contributed by atoms with Crippen molar-refractivity contribution in [1.82, 2.24) is 0 Å². The Morgan fingerprint density at radius 2 is 1.08 bits per heavy atom. The van der Waals surface area contributed by atoms with Crippen LogP contribution in [0.3, 0.4) is 0 Å². The fourth-order valence-corrected chi connectivity index (χ4v) is 4.55. The highest BCUT2D eigenvalue weighted by atomic mass is 16.3. The molecule has 1 fully saturated rings. The van der Waals surface area contributed by atoms with Gasteiger partial charge in [0.2, 0.25) is 0 Å². The highest BCUT2D eigenvalue weighted by molar-refractivity contribution is 5.56. The minimum Gasteiger partial charge on any atom is -0.507 e. The first-order valence-electron chi connectivity index (χ1n) is 8.98. The molecule has 2 N–H and O–H groups in total. The molecule has 0 radical (unpaired) electrons. The first-order valence-corrected chi connectivity index (χ1v) is 8.98. The monoisotopic (exact) mass is 324 g/mol. The lowest BCUT2D eigenvalue weighted by Gasteiger charge is -2.41.